The molecule has 0 bridgehead atoms. The molecule has 1 aromatic rings. The van der Waals surface area contributed by atoms with E-state index in [0.717, 1.165) is 22.7 Å². The summed E-state index contributed by atoms with van der Waals surface area (Å²) in [5.41, 5.74) is 2.17. The van der Waals surface area contributed by atoms with Crippen molar-refractivity contribution in [1.82, 2.24) is 0 Å². The Bertz CT molecular complexity index is 339. The minimum Gasteiger partial charge on any atom is -0.370 e. The van der Waals surface area contributed by atoms with Crippen molar-refractivity contribution in [3.63, 3.8) is 0 Å². The summed E-state index contributed by atoms with van der Waals surface area (Å²) >= 11 is 12.2. The van der Waals surface area contributed by atoms with Crippen molar-refractivity contribution in [1.29, 1.82) is 0 Å². The Morgan fingerprint density at radius 2 is 2.06 bits per heavy atom. The number of benzene rings is 1. The van der Waals surface area contributed by atoms with E-state index in [4.69, 9.17) is 23.2 Å². The van der Waals surface area contributed by atoms with Crippen molar-refractivity contribution in [3.8, 4) is 0 Å². The Balaban J connectivity index is 3.01. The van der Waals surface area contributed by atoms with Gasteiger partial charge in [-0.1, -0.05) is 37.1 Å². The van der Waals surface area contributed by atoms with Gasteiger partial charge in [-0.15, -0.1) is 11.6 Å². The van der Waals surface area contributed by atoms with Gasteiger partial charge in [0.05, 0.1) is 10.7 Å². The summed E-state index contributed by atoms with van der Waals surface area (Å²) in [6.07, 6.45) is 2.33. The Kier molecular flexibility index (Phi) is 5.43. The first kappa shape index (κ1) is 13.7. The minimum atomic E-state index is 0.479. The van der Waals surface area contributed by atoms with E-state index in [1.54, 1.807) is 0 Å². The summed E-state index contributed by atoms with van der Waals surface area (Å²) in [6.45, 7) is 4.41. The summed E-state index contributed by atoms with van der Waals surface area (Å²) in [4.78, 5) is 2.23. The first-order valence-corrected chi connectivity index (χ1v) is 6.59. The molecule has 0 N–H and O–H groups in total. The lowest BCUT2D eigenvalue weighted by atomic mass is 10.1. The van der Waals surface area contributed by atoms with Gasteiger partial charge in [0.1, 0.15) is 0 Å². The molecule has 0 saturated heterocycles. The third kappa shape index (κ3) is 3.05. The highest BCUT2D eigenvalue weighted by Crippen LogP contribution is 2.32. The number of hydrogen-bond donors (Lipinski definition) is 0. The molecular formula is C13H19Cl2N. The van der Waals surface area contributed by atoms with E-state index >= 15 is 0 Å². The standard InChI is InChI=1S/C13H19Cl2N/c1-4-6-10(2)16(3)13-11(9-14)7-5-8-12(13)15/h5,7-8,10H,4,6,9H2,1-3H3. The highest BCUT2D eigenvalue weighted by atomic mass is 35.5. The normalized spacial score (nSPS) is 12.6. The van der Waals surface area contributed by atoms with Gasteiger partial charge >= 0.3 is 0 Å². The molecule has 1 aromatic carbocycles. The zero-order chi connectivity index (χ0) is 12.1. The van der Waals surface area contributed by atoms with Gasteiger partial charge in [0, 0.05) is 19.0 Å². The predicted octanol–water partition coefficient (Wildman–Crippen LogP) is 4.70. The maximum absolute atomic E-state index is 6.25. The molecule has 1 atom stereocenters. The molecule has 1 nitrogen and oxygen atoms in total. The SMILES string of the molecule is CCCC(C)N(C)c1c(Cl)cccc1CCl. The molecule has 0 fully saturated rings. The van der Waals surface area contributed by atoms with Crippen LogP contribution in [0.2, 0.25) is 5.02 Å². The fourth-order valence-corrected chi connectivity index (χ4v) is 2.44. The van der Waals surface area contributed by atoms with Crippen molar-refractivity contribution in [3.05, 3.63) is 28.8 Å². The first-order valence-electron chi connectivity index (χ1n) is 5.68. The number of alkyl halides is 1. The molecule has 0 aliphatic rings. The molecule has 0 heterocycles. The largest absolute Gasteiger partial charge is 0.370 e. The van der Waals surface area contributed by atoms with Gasteiger partial charge in [0.2, 0.25) is 0 Å². The highest BCUT2D eigenvalue weighted by Gasteiger charge is 2.15. The second-order valence-corrected chi connectivity index (χ2v) is 4.80. The quantitative estimate of drug-likeness (QED) is 0.693. The van der Waals surface area contributed by atoms with E-state index in [1.807, 2.05) is 18.2 Å². The summed E-state index contributed by atoms with van der Waals surface area (Å²) in [5.74, 6) is 0.499. The molecule has 0 aliphatic heterocycles. The van der Waals surface area contributed by atoms with Crippen LogP contribution in [0.15, 0.2) is 18.2 Å². The smallest absolute Gasteiger partial charge is 0.0642 e. The molecule has 3 heteroatoms. The Labute approximate surface area is 108 Å². The van der Waals surface area contributed by atoms with Crippen LogP contribution in [-0.4, -0.2) is 13.1 Å². The van der Waals surface area contributed by atoms with Crippen LogP contribution in [0.4, 0.5) is 5.69 Å². The van der Waals surface area contributed by atoms with E-state index in [0.29, 0.717) is 11.9 Å². The molecule has 0 spiro atoms. The third-order valence-corrected chi connectivity index (χ3v) is 3.53. The van der Waals surface area contributed by atoms with Crippen molar-refractivity contribution >= 4 is 28.9 Å². The lowest BCUT2D eigenvalue weighted by Gasteiger charge is -2.29. The molecule has 1 rings (SSSR count). The maximum atomic E-state index is 6.25. The fraction of sp³-hybridized carbons (Fsp3) is 0.538. The van der Waals surface area contributed by atoms with Crippen LogP contribution in [-0.2, 0) is 5.88 Å². The van der Waals surface area contributed by atoms with Gasteiger partial charge in [-0.3, -0.25) is 0 Å². The van der Waals surface area contributed by atoms with Crippen LogP contribution in [0.3, 0.4) is 0 Å². The van der Waals surface area contributed by atoms with Gasteiger partial charge in [-0.25, -0.2) is 0 Å². The lowest BCUT2D eigenvalue weighted by molar-refractivity contribution is 0.615. The second-order valence-electron chi connectivity index (χ2n) is 4.13. The van der Waals surface area contributed by atoms with Crippen LogP contribution >= 0.6 is 23.2 Å². The summed E-state index contributed by atoms with van der Waals surface area (Å²) in [6, 6.07) is 6.37. The Morgan fingerprint density at radius 1 is 1.38 bits per heavy atom. The van der Waals surface area contributed by atoms with E-state index < -0.39 is 0 Å². The third-order valence-electron chi connectivity index (χ3n) is 2.93. The van der Waals surface area contributed by atoms with Gasteiger partial charge in [-0.05, 0) is 25.0 Å². The number of halogens is 2. The molecule has 90 valence electrons. The van der Waals surface area contributed by atoms with Crippen molar-refractivity contribution < 1.29 is 0 Å². The number of hydrogen-bond acceptors (Lipinski definition) is 1. The van der Waals surface area contributed by atoms with Gasteiger partial charge in [-0.2, -0.15) is 0 Å². The van der Waals surface area contributed by atoms with Crippen LogP contribution in [0.5, 0.6) is 0 Å². The van der Waals surface area contributed by atoms with Crippen LogP contribution in [0, 0.1) is 0 Å². The number of para-hydroxylation sites is 1. The molecule has 0 aromatic heterocycles. The van der Waals surface area contributed by atoms with Crippen LogP contribution < -0.4 is 4.90 Å². The number of nitrogens with zero attached hydrogens (tertiary/aromatic N) is 1. The topological polar surface area (TPSA) is 3.24 Å². The average Bonchev–Trinajstić information content (AvgIpc) is 2.28. The maximum Gasteiger partial charge on any atom is 0.0642 e. The number of anilines is 1. The molecule has 0 aliphatic carbocycles. The summed E-state index contributed by atoms with van der Waals surface area (Å²) in [5, 5.41) is 0.781. The van der Waals surface area contributed by atoms with Crippen LogP contribution in [0.25, 0.3) is 0 Å². The fourth-order valence-electron chi connectivity index (χ4n) is 1.89. The predicted molar refractivity (Wildman–Crippen MR) is 73.8 cm³/mol. The van der Waals surface area contributed by atoms with E-state index in [-0.39, 0.29) is 0 Å². The molecular weight excluding hydrogens is 241 g/mol. The van der Waals surface area contributed by atoms with E-state index in [1.165, 1.54) is 6.42 Å². The van der Waals surface area contributed by atoms with Crippen molar-refractivity contribution in [2.75, 3.05) is 11.9 Å². The van der Waals surface area contributed by atoms with E-state index in [9.17, 15) is 0 Å². The number of rotatable bonds is 5. The summed E-state index contributed by atoms with van der Waals surface area (Å²) in [7, 11) is 2.08. The van der Waals surface area contributed by atoms with Crippen molar-refractivity contribution in [2.45, 2.75) is 38.6 Å². The van der Waals surface area contributed by atoms with E-state index in [2.05, 4.69) is 25.8 Å². The minimum absolute atomic E-state index is 0.479. The second kappa shape index (κ2) is 6.36. The molecule has 0 amide bonds. The first-order chi connectivity index (χ1) is 7.61. The highest BCUT2D eigenvalue weighted by molar-refractivity contribution is 6.33. The molecule has 1 unspecified atom stereocenters. The average molecular weight is 260 g/mol. The zero-order valence-electron chi connectivity index (χ0n) is 10.1. The molecule has 0 radical (unpaired) electrons. The Morgan fingerprint density at radius 3 is 2.62 bits per heavy atom. The van der Waals surface area contributed by atoms with Crippen LogP contribution in [0.1, 0.15) is 32.3 Å². The molecule has 0 saturated carbocycles. The van der Waals surface area contributed by atoms with Crippen molar-refractivity contribution in [2.24, 2.45) is 0 Å². The summed E-state index contributed by atoms with van der Waals surface area (Å²) < 4.78 is 0. The lowest BCUT2D eigenvalue weighted by Crippen LogP contribution is -2.29. The Hall–Kier alpha value is -0.400. The zero-order valence-corrected chi connectivity index (χ0v) is 11.6. The van der Waals surface area contributed by atoms with Gasteiger partial charge in [0.25, 0.3) is 0 Å². The van der Waals surface area contributed by atoms with Gasteiger partial charge < -0.3 is 4.90 Å². The monoisotopic (exact) mass is 259 g/mol. The van der Waals surface area contributed by atoms with Gasteiger partial charge in [0.15, 0.2) is 0 Å². The molecule has 16 heavy (non-hydrogen) atoms.